The Morgan fingerprint density at radius 1 is 1.44 bits per heavy atom. The molecule has 1 N–H and O–H groups in total. The van der Waals surface area contributed by atoms with Gasteiger partial charge >= 0.3 is 6.09 Å². The zero-order chi connectivity index (χ0) is 12.3. The number of carbonyl (C=O) groups is 1. The molecule has 0 unspecified atom stereocenters. The smallest absolute Gasteiger partial charge is 0.412 e. The molecule has 1 aromatic rings. The average Bonchev–Trinajstić information content (AvgIpc) is 2.08. The van der Waals surface area contributed by atoms with Crippen LogP contribution in [0.2, 0.25) is 0 Å². The van der Waals surface area contributed by atoms with Gasteiger partial charge in [-0.15, -0.1) is 0 Å². The highest BCUT2D eigenvalue weighted by Crippen LogP contribution is 2.24. The van der Waals surface area contributed by atoms with Gasteiger partial charge in [-0.05, 0) is 58.7 Å². The van der Waals surface area contributed by atoms with Gasteiger partial charge in [-0.25, -0.2) is 9.78 Å². The molecule has 88 valence electrons. The molecule has 0 spiro atoms. The van der Waals surface area contributed by atoms with E-state index in [1.807, 2.05) is 0 Å². The number of aromatic nitrogens is 1. The SMILES string of the molecule is CC(C)(C)OC(=O)Nc1cc(Br)cnc1Br. The summed E-state index contributed by atoms with van der Waals surface area (Å²) < 4.78 is 6.46. The van der Waals surface area contributed by atoms with Crippen molar-refractivity contribution in [2.45, 2.75) is 26.4 Å². The van der Waals surface area contributed by atoms with E-state index in [1.54, 1.807) is 33.0 Å². The highest BCUT2D eigenvalue weighted by Gasteiger charge is 2.17. The molecule has 1 amide bonds. The monoisotopic (exact) mass is 350 g/mol. The van der Waals surface area contributed by atoms with E-state index < -0.39 is 11.7 Å². The average molecular weight is 352 g/mol. The Labute approximate surface area is 111 Å². The second-order valence-electron chi connectivity index (χ2n) is 4.12. The van der Waals surface area contributed by atoms with E-state index >= 15 is 0 Å². The van der Waals surface area contributed by atoms with Crippen LogP contribution >= 0.6 is 31.9 Å². The molecule has 0 bridgehead atoms. The Kier molecular flexibility index (Phi) is 4.32. The fraction of sp³-hybridized carbons (Fsp3) is 0.400. The lowest BCUT2D eigenvalue weighted by molar-refractivity contribution is 0.0636. The number of hydrogen-bond acceptors (Lipinski definition) is 3. The van der Waals surface area contributed by atoms with Crippen molar-refractivity contribution in [3.05, 3.63) is 21.3 Å². The molecular weight excluding hydrogens is 340 g/mol. The van der Waals surface area contributed by atoms with Crippen molar-refractivity contribution in [2.24, 2.45) is 0 Å². The first-order valence-electron chi connectivity index (χ1n) is 4.59. The van der Waals surface area contributed by atoms with Gasteiger partial charge in [-0.1, -0.05) is 0 Å². The van der Waals surface area contributed by atoms with Gasteiger partial charge in [-0.2, -0.15) is 0 Å². The second kappa shape index (κ2) is 5.14. The minimum absolute atomic E-state index is 0.506. The number of rotatable bonds is 1. The Balaban J connectivity index is 2.73. The maximum atomic E-state index is 11.5. The number of pyridine rings is 1. The summed E-state index contributed by atoms with van der Waals surface area (Å²) in [6, 6.07) is 1.74. The standard InChI is InChI=1S/C10H12Br2N2O2/c1-10(2,3)16-9(15)14-7-4-6(11)5-13-8(7)12/h4-5H,1-3H3,(H,14,15). The van der Waals surface area contributed by atoms with Crippen LogP contribution in [-0.2, 0) is 4.74 Å². The molecule has 0 saturated carbocycles. The van der Waals surface area contributed by atoms with Gasteiger partial charge < -0.3 is 4.74 Å². The first-order valence-corrected chi connectivity index (χ1v) is 6.17. The summed E-state index contributed by atoms with van der Waals surface area (Å²) in [7, 11) is 0. The molecule has 0 saturated heterocycles. The number of hydrogen-bond donors (Lipinski definition) is 1. The predicted octanol–water partition coefficient (Wildman–Crippen LogP) is 3.95. The van der Waals surface area contributed by atoms with Crippen molar-refractivity contribution in [3.63, 3.8) is 0 Å². The molecule has 0 aliphatic rings. The molecule has 0 atom stereocenters. The number of halogens is 2. The van der Waals surface area contributed by atoms with Crippen LogP contribution in [-0.4, -0.2) is 16.7 Å². The fourth-order valence-corrected chi connectivity index (χ4v) is 1.57. The van der Waals surface area contributed by atoms with Crippen LogP contribution < -0.4 is 5.32 Å². The van der Waals surface area contributed by atoms with Gasteiger partial charge in [0.15, 0.2) is 0 Å². The minimum Gasteiger partial charge on any atom is -0.444 e. The minimum atomic E-state index is -0.518. The van der Waals surface area contributed by atoms with Crippen molar-refractivity contribution >= 4 is 43.6 Å². The molecule has 4 nitrogen and oxygen atoms in total. The van der Waals surface area contributed by atoms with E-state index in [2.05, 4.69) is 42.2 Å². The van der Waals surface area contributed by atoms with Gasteiger partial charge in [0, 0.05) is 10.7 Å². The van der Waals surface area contributed by atoms with Crippen molar-refractivity contribution in [3.8, 4) is 0 Å². The summed E-state index contributed by atoms with van der Waals surface area (Å²) in [5, 5.41) is 2.61. The lowest BCUT2D eigenvalue weighted by Crippen LogP contribution is -2.27. The molecular formula is C10H12Br2N2O2. The first-order chi connectivity index (χ1) is 7.28. The number of amides is 1. The van der Waals surface area contributed by atoms with E-state index in [-0.39, 0.29) is 0 Å². The highest BCUT2D eigenvalue weighted by atomic mass is 79.9. The topological polar surface area (TPSA) is 51.2 Å². The zero-order valence-electron chi connectivity index (χ0n) is 9.17. The second-order valence-corrected chi connectivity index (χ2v) is 5.79. The molecule has 6 heteroatoms. The Morgan fingerprint density at radius 2 is 2.06 bits per heavy atom. The number of carbonyl (C=O) groups excluding carboxylic acids is 1. The Bertz CT molecular complexity index is 402. The van der Waals surface area contributed by atoms with Crippen LogP contribution in [0.1, 0.15) is 20.8 Å². The molecule has 0 aromatic carbocycles. The maximum absolute atomic E-state index is 11.5. The van der Waals surface area contributed by atoms with Crippen molar-refractivity contribution < 1.29 is 9.53 Å². The molecule has 1 aromatic heterocycles. The summed E-state index contributed by atoms with van der Waals surface area (Å²) in [5.41, 5.74) is 0.0411. The number of nitrogens with one attached hydrogen (secondary N) is 1. The third-order valence-electron chi connectivity index (χ3n) is 1.44. The molecule has 0 aliphatic carbocycles. The van der Waals surface area contributed by atoms with Crippen molar-refractivity contribution in [1.29, 1.82) is 0 Å². The van der Waals surface area contributed by atoms with Crippen LogP contribution in [0.5, 0.6) is 0 Å². The van der Waals surface area contributed by atoms with E-state index in [0.717, 1.165) is 4.47 Å². The van der Waals surface area contributed by atoms with Crippen LogP contribution in [0, 0.1) is 0 Å². The summed E-state index contributed by atoms with van der Waals surface area (Å²) in [4.78, 5) is 15.5. The summed E-state index contributed by atoms with van der Waals surface area (Å²) in [5.74, 6) is 0. The highest BCUT2D eigenvalue weighted by molar-refractivity contribution is 9.11. The predicted molar refractivity (Wildman–Crippen MR) is 69.5 cm³/mol. The zero-order valence-corrected chi connectivity index (χ0v) is 12.3. The number of nitrogens with zero attached hydrogens (tertiary/aromatic N) is 1. The molecule has 0 aliphatic heterocycles. The van der Waals surface area contributed by atoms with E-state index in [9.17, 15) is 4.79 Å². The molecule has 1 rings (SSSR count). The maximum Gasteiger partial charge on any atom is 0.412 e. The Morgan fingerprint density at radius 3 is 2.62 bits per heavy atom. The van der Waals surface area contributed by atoms with Gasteiger partial charge in [0.2, 0.25) is 0 Å². The van der Waals surface area contributed by atoms with Gasteiger partial charge in [0.05, 0.1) is 5.69 Å². The number of ether oxygens (including phenoxy) is 1. The molecule has 0 fully saturated rings. The van der Waals surface area contributed by atoms with Crippen LogP contribution in [0.15, 0.2) is 21.3 Å². The van der Waals surface area contributed by atoms with E-state index in [4.69, 9.17) is 4.74 Å². The quantitative estimate of drug-likeness (QED) is 0.779. The fourth-order valence-electron chi connectivity index (χ4n) is 0.924. The van der Waals surface area contributed by atoms with Crippen LogP contribution in [0.4, 0.5) is 10.5 Å². The lowest BCUT2D eigenvalue weighted by atomic mass is 10.2. The summed E-state index contributed by atoms with van der Waals surface area (Å²) >= 11 is 6.51. The lowest BCUT2D eigenvalue weighted by Gasteiger charge is -2.19. The van der Waals surface area contributed by atoms with E-state index in [1.165, 1.54) is 0 Å². The van der Waals surface area contributed by atoms with Crippen LogP contribution in [0.25, 0.3) is 0 Å². The van der Waals surface area contributed by atoms with Gasteiger partial charge in [0.25, 0.3) is 0 Å². The van der Waals surface area contributed by atoms with Crippen molar-refractivity contribution in [1.82, 2.24) is 4.98 Å². The molecule has 0 radical (unpaired) electrons. The number of anilines is 1. The third-order valence-corrected chi connectivity index (χ3v) is 2.51. The normalized spacial score (nSPS) is 11.1. The van der Waals surface area contributed by atoms with Crippen molar-refractivity contribution in [2.75, 3.05) is 5.32 Å². The molecule has 16 heavy (non-hydrogen) atoms. The van der Waals surface area contributed by atoms with Gasteiger partial charge in [0.1, 0.15) is 10.2 Å². The third kappa shape index (κ3) is 4.49. The first kappa shape index (κ1) is 13.4. The summed E-state index contributed by atoms with van der Waals surface area (Å²) in [6.07, 6.45) is 1.12. The largest absolute Gasteiger partial charge is 0.444 e. The Hall–Kier alpha value is -0.620. The summed E-state index contributed by atoms with van der Waals surface area (Å²) in [6.45, 7) is 5.42. The van der Waals surface area contributed by atoms with Gasteiger partial charge in [-0.3, -0.25) is 5.32 Å². The molecule has 1 heterocycles. The van der Waals surface area contributed by atoms with E-state index in [0.29, 0.717) is 10.3 Å². The van der Waals surface area contributed by atoms with Crippen LogP contribution in [0.3, 0.4) is 0 Å².